The molecule has 0 saturated carbocycles. The van der Waals surface area contributed by atoms with Gasteiger partial charge in [0, 0.05) is 25.3 Å². The van der Waals surface area contributed by atoms with E-state index in [0.717, 1.165) is 0 Å². The lowest BCUT2D eigenvalue weighted by Gasteiger charge is -2.33. The van der Waals surface area contributed by atoms with Crippen LogP contribution in [0.5, 0.6) is 0 Å². The molecule has 25 heavy (non-hydrogen) atoms. The lowest BCUT2D eigenvalue weighted by molar-refractivity contribution is 0.0191. The molecular formula is C17H29N3O4S. The Balaban J connectivity index is 1.91. The van der Waals surface area contributed by atoms with E-state index in [4.69, 9.17) is 4.74 Å². The quantitative estimate of drug-likeness (QED) is 0.813. The SMILES string of the molecule is CC(C)n1cc(S(=O)(=O)CC2CCN(C(=O)OC(C)(C)C)CC2)cn1. The Hall–Kier alpha value is -1.57. The van der Waals surface area contributed by atoms with Gasteiger partial charge in [-0.1, -0.05) is 0 Å². The number of rotatable bonds is 4. The monoisotopic (exact) mass is 371 g/mol. The number of sulfone groups is 1. The predicted molar refractivity (Wildman–Crippen MR) is 95.2 cm³/mol. The summed E-state index contributed by atoms with van der Waals surface area (Å²) in [4.78, 5) is 14.0. The van der Waals surface area contributed by atoms with Crippen LogP contribution in [0.2, 0.25) is 0 Å². The average Bonchev–Trinajstić information content (AvgIpc) is 2.96. The normalized spacial score (nSPS) is 17.1. The van der Waals surface area contributed by atoms with Crippen molar-refractivity contribution >= 4 is 15.9 Å². The van der Waals surface area contributed by atoms with Gasteiger partial charge in [0.2, 0.25) is 0 Å². The minimum Gasteiger partial charge on any atom is -0.444 e. The number of amides is 1. The van der Waals surface area contributed by atoms with E-state index in [2.05, 4.69) is 5.10 Å². The Labute approximate surface area is 150 Å². The van der Waals surface area contributed by atoms with Crippen molar-refractivity contribution in [2.75, 3.05) is 18.8 Å². The molecule has 0 bridgehead atoms. The molecule has 2 rings (SSSR count). The van der Waals surface area contributed by atoms with Crippen molar-refractivity contribution < 1.29 is 17.9 Å². The molecule has 1 aromatic rings. The summed E-state index contributed by atoms with van der Waals surface area (Å²) in [7, 11) is -3.36. The van der Waals surface area contributed by atoms with Crippen molar-refractivity contribution in [3.8, 4) is 0 Å². The third-order valence-electron chi connectivity index (χ3n) is 4.19. The zero-order chi connectivity index (χ0) is 18.8. The van der Waals surface area contributed by atoms with E-state index < -0.39 is 15.4 Å². The molecule has 0 aromatic carbocycles. The first-order valence-electron chi connectivity index (χ1n) is 8.73. The van der Waals surface area contributed by atoms with Gasteiger partial charge >= 0.3 is 6.09 Å². The first-order chi connectivity index (χ1) is 11.5. The second kappa shape index (κ2) is 7.35. The molecule has 1 aliphatic heterocycles. The van der Waals surface area contributed by atoms with Gasteiger partial charge in [0.05, 0.1) is 11.9 Å². The van der Waals surface area contributed by atoms with Gasteiger partial charge in [0.25, 0.3) is 0 Å². The van der Waals surface area contributed by atoms with Crippen LogP contribution in [-0.2, 0) is 14.6 Å². The number of nitrogens with zero attached hydrogens (tertiary/aromatic N) is 3. The number of carbonyl (C=O) groups is 1. The van der Waals surface area contributed by atoms with Crippen LogP contribution in [0.1, 0.15) is 53.5 Å². The molecule has 2 heterocycles. The van der Waals surface area contributed by atoms with Crippen molar-refractivity contribution in [2.45, 2.75) is 64.0 Å². The van der Waals surface area contributed by atoms with Gasteiger partial charge in [0.15, 0.2) is 9.84 Å². The fourth-order valence-corrected chi connectivity index (χ4v) is 4.40. The average molecular weight is 372 g/mol. The van der Waals surface area contributed by atoms with Crippen LogP contribution < -0.4 is 0 Å². The number of piperidine rings is 1. The highest BCUT2D eigenvalue weighted by Gasteiger charge is 2.30. The number of likely N-dealkylation sites (tertiary alicyclic amines) is 1. The highest BCUT2D eigenvalue weighted by atomic mass is 32.2. The summed E-state index contributed by atoms with van der Waals surface area (Å²) in [5, 5.41) is 4.11. The number of hydrogen-bond acceptors (Lipinski definition) is 5. The molecule has 0 N–H and O–H groups in total. The van der Waals surface area contributed by atoms with Crippen LogP contribution in [-0.4, -0.2) is 53.6 Å². The predicted octanol–water partition coefficient (Wildman–Crippen LogP) is 2.88. The molecule has 1 saturated heterocycles. The highest BCUT2D eigenvalue weighted by Crippen LogP contribution is 2.24. The molecule has 7 nitrogen and oxygen atoms in total. The molecule has 1 aromatic heterocycles. The third-order valence-corrected chi connectivity index (χ3v) is 6.03. The second-order valence-electron chi connectivity index (χ2n) is 7.94. The van der Waals surface area contributed by atoms with E-state index >= 15 is 0 Å². The number of carbonyl (C=O) groups excluding carboxylic acids is 1. The van der Waals surface area contributed by atoms with Crippen LogP contribution >= 0.6 is 0 Å². The zero-order valence-corrected chi connectivity index (χ0v) is 16.5. The molecule has 0 unspecified atom stereocenters. The lowest BCUT2D eigenvalue weighted by atomic mass is 9.99. The minimum atomic E-state index is -3.36. The van der Waals surface area contributed by atoms with Crippen molar-refractivity contribution in [3.05, 3.63) is 12.4 Å². The van der Waals surface area contributed by atoms with E-state index in [1.807, 2.05) is 34.6 Å². The zero-order valence-electron chi connectivity index (χ0n) is 15.7. The fraction of sp³-hybridized carbons (Fsp3) is 0.765. The number of ether oxygens (including phenoxy) is 1. The van der Waals surface area contributed by atoms with Crippen LogP contribution in [0.15, 0.2) is 17.3 Å². The van der Waals surface area contributed by atoms with Gasteiger partial charge in [0.1, 0.15) is 10.5 Å². The molecule has 8 heteroatoms. The smallest absolute Gasteiger partial charge is 0.410 e. The Morgan fingerprint density at radius 3 is 2.40 bits per heavy atom. The van der Waals surface area contributed by atoms with Gasteiger partial charge < -0.3 is 9.64 Å². The summed E-state index contributed by atoms with van der Waals surface area (Å²) in [6, 6.07) is 0.126. The maximum absolute atomic E-state index is 12.6. The third kappa shape index (κ3) is 5.45. The molecule has 0 atom stereocenters. The first kappa shape index (κ1) is 19.8. The molecule has 0 spiro atoms. The Kier molecular flexibility index (Phi) is 5.81. The molecule has 0 aliphatic carbocycles. The Morgan fingerprint density at radius 1 is 1.32 bits per heavy atom. The summed E-state index contributed by atoms with van der Waals surface area (Å²) in [5.41, 5.74) is -0.520. The number of hydrogen-bond donors (Lipinski definition) is 0. The largest absolute Gasteiger partial charge is 0.444 e. The summed E-state index contributed by atoms with van der Waals surface area (Å²) >= 11 is 0. The maximum Gasteiger partial charge on any atom is 0.410 e. The first-order valence-corrected chi connectivity index (χ1v) is 10.4. The van der Waals surface area contributed by atoms with Crippen molar-refractivity contribution in [1.29, 1.82) is 0 Å². The van der Waals surface area contributed by atoms with Gasteiger partial charge in [-0.25, -0.2) is 13.2 Å². The topological polar surface area (TPSA) is 81.5 Å². The number of aromatic nitrogens is 2. The van der Waals surface area contributed by atoms with Crippen LogP contribution in [0.25, 0.3) is 0 Å². The standard InChI is InChI=1S/C17H29N3O4S/c1-13(2)20-11-15(10-18-20)25(22,23)12-14-6-8-19(9-7-14)16(21)24-17(3,4)5/h10-11,13-14H,6-9,12H2,1-5H3. The van der Waals surface area contributed by atoms with Gasteiger partial charge in [-0.15, -0.1) is 0 Å². The Morgan fingerprint density at radius 2 is 1.92 bits per heavy atom. The molecular weight excluding hydrogens is 342 g/mol. The molecule has 1 amide bonds. The van der Waals surface area contributed by atoms with E-state index in [1.165, 1.54) is 6.20 Å². The minimum absolute atomic E-state index is 0.0473. The summed E-state index contributed by atoms with van der Waals surface area (Å²) in [5.74, 6) is 0.143. The highest BCUT2D eigenvalue weighted by molar-refractivity contribution is 7.91. The lowest BCUT2D eigenvalue weighted by Crippen LogP contribution is -2.42. The molecule has 1 fully saturated rings. The summed E-state index contributed by atoms with van der Waals surface area (Å²) in [6.07, 6.45) is 4.01. The molecule has 1 aliphatic rings. The maximum atomic E-state index is 12.6. The van der Waals surface area contributed by atoms with E-state index in [9.17, 15) is 13.2 Å². The van der Waals surface area contributed by atoms with E-state index in [-0.39, 0.29) is 28.7 Å². The fourth-order valence-electron chi connectivity index (χ4n) is 2.78. The van der Waals surface area contributed by atoms with Crippen LogP contribution in [0, 0.1) is 5.92 Å². The van der Waals surface area contributed by atoms with Crippen molar-refractivity contribution in [2.24, 2.45) is 5.92 Å². The van der Waals surface area contributed by atoms with Gasteiger partial charge in [-0.2, -0.15) is 5.10 Å². The van der Waals surface area contributed by atoms with Gasteiger partial charge in [-0.05, 0) is 53.4 Å². The molecule has 142 valence electrons. The van der Waals surface area contributed by atoms with Crippen LogP contribution in [0.4, 0.5) is 4.79 Å². The molecule has 0 radical (unpaired) electrons. The summed E-state index contributed by atoms with van der Waals surface area (Å²) < 4.78 is 32.2. The second-order valence-corrected chi connectivity index (χ2v) is 9.98. The van der Waals surface area contributed by atoms with Crippen LogP contribution in [0.3, 0.4) is 0 Å². The summed E-state index contributed by atoms with van der Waals surface area (Å²) in [6.45, 7) is 10.5. The van der Waals surface area contributed by atoms with Gasteiger partial charge in [-0.3, -0.25) is 4.68 Å². The van der Waals surface area contributed by atoms with E-state index in [1.54, 1.807) is 15.8 Å². The van der Waals surface area contributed by atoms with Crippen molar-refractivity contribution in [1.82, 2.24) is 14.7 Å². The Bertz CT molecular complexity index is 696. The van der Waals surface area contributed by atoms with E-state index in [0.29, 0.717) is 25.9 Å². The van der Waals surface area contributed by atoms with Crippen molar-refractivity contribution in [3.63, 3.8) is 0 Å².